The first-order valence-electron chi connectivity index (χ1n) is 9.56. The third kappa shape index (κ3) is 4.60. The van der Waals surface area contributed by atoms with Crippen molar-refractivity contribution in [2.75, 3.05) is 0 Å². The lowest BCUT2D eigenvalue weighted by atomic mass is 10.1. The topological polar surface area (TPSA) is 57.0 Å². The fraction of sp³-hybridized carbons (Fsp3) is 0.125. The molecule has 0 aliphatic rings. The predicted octanol–water partition coefficient (Wildman–Crippen LogP) is 3.97. The second kappa shape index (κ2) is 8.69. The van der Waals surface area contributed by atoms with Crippen LogP contribution in [-0.4, -0.2) is 14.7 Å². The van der Waals surface area contributed by atoms with E-state index in [-0.39, 0.29) is 11.4 Å². The van der Waals surface area contributed by atoms with Crippen molar-refractivity contribution in [1.82, 2.24) is 14.7 Å². The van der Waals surface area contributed by atoms with Crippen LogP contribution in [0.15, 0.2) is 83.8 Å². The molecule has 0 amide bonds. The first-order chi connectivity index (χ1) is 14.6. The second-order valence-corrected chi connectivity index (χ2v) is 6.94. The fourth-order valence-corrected chi connectivity index (χ4v) is 3.16. The maximum Gasteiger partial charge on any atom is 0.273 e. The summed E-state index contributed by atoms with van der Waals surface area (Å²) >= 11 is 0. The van der Waals surface area contributed by atoms with E-state index in [1.54, 1.807) is 25.3 Å². The lowest BCUT2D eigenvalue weighted by molar-refractivity contribution is 0.0918. The van der Waals surface area contributed by atoms with Crippen molar-refractivity contribution in [2.45, 2.75) is 20.0 Å². The Morgan fingerprint density at radius 1 is 0.933 bits per heavy atom. The molecule has 0 spiro atoms. The van der Waals surface area contributed by atoms with Crippen molar-refractivity contribution >= 4 is 0 Å². The van der Waals surface area contributed by atoms with Gasteiger partial charge in [-0.15, -0.1) is 0 Å². The van der Waals surface area contributed by atoms with Crippen LogP contribution in [0.25, 0.3) is 11.4 Å². The first kappa shape index (κ1) is 19.5. The van der Waals surface area contributed by atoms with Crippen LogP contribution in [0.3, 0.4) is 0 Å². The van der Waals surface area contributed by atoms with Crippen LogP contribution in [0.4, 0.5) is 4.39 Å². The zero-order chi connectivity index (χ0) is 20.9. The Hall–Kier alpha value is -3.80. The normalized spacial score (nSPS) is 10.7. The van der Waals surface area contributed by atoms with E-state index >= 15 is 0 Å². The zero-order valence-electron chi connectivity index (χ0n) is 16.5. The third-order valence-corrected chi connectivity index (χ3v) is 4.66. The molecule has 6 heteroatoms. The van der Waals surface area contributed by atoms with Gasteiger partial charge in [-0.1, -0.05) is 48.5 Å². The molecule has 0 bridgehead atoms. The number of hydrogen-bond acceptors (Lipinski definition) is 4. The van der Waals surface area contributed by atoms with E-state index in [0.29, 0.717) is 30.2 Å². The van der Waals surface area contributed by atoms with Crippen LogP contribution < -0.4 is 10.4 Å². The summed E-state index contributed by atoms with van der Waals surface area (Å²) in [5.41, 5.74) is 3.78. The van der Waals surface area contributed by atoms with Crippen LogP contribution >= 0.6 is 0 Å². The molecule has 2 aromatic heterocycles. The number of aromatic nitrogens is 3. The van der Waals surface area contributed by atoms with Gasteiger partial charge >= 0.3 is 0 Å². The molecule has 0 fully saturated rings. The molecule has 5 nitrogen and oxygen atoms in total. The summed E-state index contributed by atoms with van der Waals surface area (Å²) in [5, 5.41) is 0. The summed E-state index contributed by atoms with van der Waals surface area (Å²) in [4.78, 5) is 26.4. The Morgan fingerprint density at radius 2 is 1.67 bits per heavy atom. The highest BCUT2D eigenvalue weighted by atomic mass is 19.1. The number of aryl methyl sites for hydroxylation is 1. The Morgan fingerprint density at radius 3 is 2.37 bits per heavy atom. The number of pyridine rings is 1. The van der Waals surface area contributed by atoms with Gasteiger partial charge in [0.1, 0.15) is 23.9 Å². The molecule has 0 aliphatic carbocycles. The molecule has 0 N–H and O–H groups in total. The highest BCUT2D eigenvalue weighted by Crippen LogP contribution is 2.18. The molecular formula is C24H20FN3O2. The number of rotatable bonds is 6. The molecule has 0 aliphatic heterocycles. The highest BCUT2D eigenvalue weighted by Gasteiger charge is 2.12. The molecule has 0 atom stereocenters. The molecule has 0 unspecified atom stereocenters. The average Bonchev–Trinajstić information content (AvgIpc) is 2.75. The molecule has 2 heterocycles. The monoisotopic (exact) mass is 401 g/mol. The smallest absolute Gasteiger partial charge is 0.273 e. The van der Waals surface area contributed by atoms with Gasteiger partial charge in [0.2, 0.25) is 0 Å². The molecule has 0 saturated carbocycles. The van der Waals surface area contributed by atoms with Crippen LogP contribution in [-0.2, 0) is 13.0 Å². The van der Waals surface area contributed by atoms with E-state index in [2.05, 4.69) is 9.97 Å². The minimum Gasteiger partial charge on any atom is -0.407 e. The summed E-state index contributed by atoms with van der Waals surface area (Å²) in [5.74, 6) is 0.194. The van der Waals surface area contributed by atoms with Crippen molar-refractivity contribution in [3.05, 3.63) is 118 Å². The molecule has 0 saturated heterocycles. The van der Waals surface area contributed by atoms with Gasteiger partial charge in [0.05, 0.1) is 5.69 Å². The first-order valence-corrected chi connectivity index (χ1v) is 9.56. The Bertz CT molecular complexity index is 1190. The van der Waals surface area contributed by atoms with Crippen molar-refractivity contribution in [3.63, 3.8) is 0 Å². The van der Waals surface area contributed by atoms with E-state index in [0.717, 1.165) is 16.7 Å². The molecule has 2 aromatic carbocycles. The Kier molecular flexibility index (Phi) is 5.66. The molecular weight excluding hydrogens is 381 g/mol. The zero-order valence-corrected chi connectivity index (χ0v) is 16.5. The van der Waals surface area contributed by atoms with Crippen molar-refractivity contribution in [3.8, 4) is 11.4 Å². The standard InChI is InChI=1S/C24H20FN3O2/c1-17-27-24(29)14-23(28(17)30-16-19-5-3-2-4-6-19)22-12-9-20(15-26-22)13-18-7-10-21(25)11-8-18/h2-12,14-15H,13,16H2,1H3. The minimum atomic E-state index is -0.348. The SMILES string of the molecule is Cc1nc(=O)cc(-c2ccc(Cc3ccc(F)cc3)cn2)n1OCc1ccccc1. The van der Waals surface area contributed by atoms with Gasteiger partial charge in [0.25, 0.3) is 5.56 Å². The number of hydrogen-bond donors (Lipinski definition) is 0. The number of nitrogens with zero attached hydrogens (tertiary/aromatic N) is 3. The summed E-state index contributed by atoms with van der Waals surface area (Å²) in [6.45, 7) is 2.06. The quantitative estimate of drug-likeness (QED) is 0.491. The van der Waals surface area contributed by atoms with Gasteiger partial charge in [0.15, 0.2) is 0 Å². The molecule has 0 radical (unpaired) electrons. The maximum absolute atomic E-state index is 13.1. The van der Waals surface area contributed by atoms with E-state index in [1.807, 2.05) is 42.5 Å². The molecule has 4 rings (SSSR count). The van der Waals surface area contributed by atoms with E-state index in [9.17, 15) is 9.18 Å². The van der Waals surface area contributed by atoms with Crippen LogP contribution in [0.5, 0.6) is 0 Å². The van der Waals surface area contributed by atoms with Crippen LogP contribution in [0.1, 0.15) is 22.5 Å². The minimum absolute atomic E-state index is 0.256. The lowest BCUT2D eigenvalue weighted by Crippen LogP contribution is -2.23. The van der Waals surface area contributed by atoms with Gasteiger partial charge in [0, 0.05) is 12.3 Å². The fourth-order valence-electron chi connectivity index (χ4n) is 3.16. The maximum atomic E-state index is 13.1. The number of benzene rings is 2. The lowest BCUT2D eigenvalue weighted by Gasteiger charge is -2.16. The number of halogens is 1. The van der Waals surface area contributed by atoms with Crippen molar-refractivity contribution in [2.24, 2.45) is 0 Å². The van der Waals surface area contributed by atoms with Crippen LogP contribution in [0.2, 0.25) is 0 Å². The molecule has 4 aromatic rings. The Labute approximate surface area is 173 Å². The summed E-state index contributed by atoms with van der Waals surface area (Å²) in [6, 6.07) is 21.4. The summed E-state index contributed by atoms with van der Waals surface area (Å²) < 4.78 is 14.6. The predicted molar refractivity (Wildman–Crippen MR) is 112 cm³/mol. The van der Waals surface area contributed by atoms with E-state index in [1.165, 1.54) is 22.9 Å². The van der Waals surface area contributed by atoms with Gasteiger partial charge in [-0.05, 0) is 48.2 Å². The van der Waals surface area contributed by atoms with Gasteiger partial charge < -0.3 is 4.84 Å². The molecule has 150 valence electrons. The summed E-state index contributed by atoms with van der Waals surface area (Å²) in [7, 11) is 0. The van der Waals surface area contributed by atoms with Gasteiger partial charge in [-0.2, -0.15) is 9.71 Å². The summed E-state index contributed by atoms with van der Waals surface area (Å²) in [6.07, 6.45) is 2.39. The van der Waals surface area contributed by atoms with Gasteiger partial charge in [-0.25, -0.2) is 4.39 Å². The second-order valence-electron chi connectivity index (χ2n) is 6.94. The van der Waals surface area contributed by atoms with Gasteiger partial charge in [-0.3, -0.25) is 9.78 Å². The highest BCUT2D eigenvalue weighted by molar-refractivity contribution is 5.54. The van der Waals surface area contributed by atoms with E-state index in [4.69, 9.17) is 4.84 Å². The molecule has 30 heavy (non-hydrogen) atoms. The third-order valence-electron chi connectivity index (χ3n) is 4.66. The van der Waals surface area contributed by atoms with Crippen molar-refractivity contribution in [1.29, 1.82) is 0 Å². The van der Waals surface area contributed by atoms with Crippen LogP contribution in [0, 0.1) is 12.7 Å². The van der Waals surface area contributed by atoms with E-state index < -0.39 is 0 Å². The average molecular weight is 401 g/mol. The Balaban J connectivity index is 1.59. The largest absolute Gasteiger partial charge is 0.407 e. The van der Waals surface area contributed by atoms with Crippen molar-refractivity contribution < 1.29 is 9.23 Å².